The van der Waals surface area contributed by atoms with Crippen LogP contribution in [-0.2, 0) is 9.59 Å². The molecule has 0 fully saturated rings. The first-order valence-electron chi connectivity index (χ1n) is 9.93. The third-order valence-corrected chi connectivity index (χ3v) is 5.50. The molecule has 0 saturated carbocycles. The standard InChI is InChI=1S/C25H18Cl3N3O3/c1-15-7-8-19(12-20(15)26)30-23(32)14-34-24-21(27)10-16(11-22(24)28)9-17(13-29)25(33)31-18-5-3-2-4-6-18/h2-12H,14H2,1H3,(H,30,32)(H,31,33)/b17-9+. The van der Waals surface area contributed by atoms with Crippen molar-refractivity contribution in [2.24, 2.45) is 0 Å². The third kappa shape index (κ3) is 6.75. The average molecular weight is 515 g/mol. The maximum Gasteiger partial charge on any atom is 0.266 e. The zero-order chi connectivity index (χ0) is 24.7. The van der Waals surface area contributed by atoms with Gasteiger partial charge in [0.05, 0.1) is 10.0 Å². The number of nitriles is 1. The van der Waals surface area contributed by atoms with E-state index in [-0.39, 0.29) is 28.0 Å². The second-order valence-corrected chi connectivity index (χ2v) is 8.33. The summed E-state index contributed by atoms with van der Waals surface area (Å²) < 4.78 is 5.49. The molecule has 0 saturated heterocycles. The van der Waals surface area contributed by atoms with Gasteiger partial charge in [-0.25, -0.2) is 0 Å². The van der Waals surface area contributed by atoms with Crippen LogP contribution in [0.2, 0.25) is 15.1 Å². The Labute approximate surface area is 211 Å². The lowest BCUT2D eigenvalue weighted by Gasteiger charge is -2.12. The van der Waals surface area contributed by atoms with E-state index >= 15 is 0 Å². The average Bonchev–Trinajstić information content (AvgIpc) is 2.80. The van der Waals surface area contributed by atoms with Gasteiger partial charge in [0, 0.05) is 16.4 Å². The van der Waals surface area contributed by atoms with E-state index in [1.54, 1.807) is 42.5 Å². The van der Waals surface area contributed by atoms with Crippen LogP contribution < -0.4 is 15.4 Å². The minimum absolute atomic E-state index is 0.102. The molecule has 172 valence electrons. The van der Waals surface area contributed by atoms with Gasteiger partial charge in [-0.05, 0) is 60.5 Å². The van der Waals surface area contributed by atoms with E-state index in [1.165, 1.54) is 18.2 Å². The van der Waals surface area contributed by atoms with Gasteiger partial charge in [0.2, 0.25) is 0 Å². The molecule has 2 N–H and O–H groups in total. The summed E-state index contributed by atoms with van der Waals surface area (Å²) in [4.78, 5) is 24.6. The number of ether oxygens (including phenoxy) is 1. The highest BCUT2D eigenvalue weighted by molar-refractivity contribution is 6.37. The van der Waals surface area contributed by atoms with Gasteiger partial charge in [0.1, 0.15) is 11.6 Å². The van der Waals surface area contributed by atoms with Gasteiger partial charge in [-0.15, -0.1) is 0 Å². The van der Waals surface area contributed by atoms with Gasteiger partial charge in [-0.3, -0.25) is 9.59 Å². The number of carbonyl (C=O) groups excluding carboxylic acids is 2. The zero-order valence-electron chi connectivity index (χ0n) is 17.9. The van der Waals surface area contributed by atoms with Crippen molar-refractivity contribution in [3.63, 3.8) is 0 Å². The Balaban J connectivity index is 1.68. The van der Waals surface area contributed by atoms with Gasteiger partial charge in [-0.1, -0.05) is 59.1 Å². The molecule has 0 radical (unpaired) electrons. The number of rotatable bonds is 7. The molecule has 3 rings (SSSR count). The van der Waals surface area contributed by atoms with Gasteiger partial charge in [-0.2, -0.15) is 5.26 Å². The van der Waals surface area contributed by atoms with Crippen molar-refractivity contribution < 1.29 is 14.3 Å². The predicted octanol–water partition coefficient (Wildman–Crippen LogP) is 6.52. The Morgan fingerprint density at radius 2 is 1.62 bits per heavy atom. The van der Waals surface area contributed by atoms with Gasteiger partial charge in [0.25, 0.3) is 11.8 Å². The first-order chi connectivity index (χ1) is 16.3. The number of nitrogens with zero attached hydrogens (tertiary/aromatic N) is 1. The maximum absolute atomic E-state index is 12.4. The molecular formula is C25H18Cl3N3O3. The molecule has 3 aromatic rings. The van der Waals surface area contributed by atoms with Crippen molar-refractivity contribution in [3.05, 3.63) is 92.4 Å². The fourth-order valence-electron chi connectivity index (χ4n) is 2.84. The number of hydrogen-bond donors (Lipinski definition) is 2. The third-order valence-electron chi connectivity index (χ3n) is 4.53. The number of para-hydroxylation sites is 1. The molecule has 0 aromatic heterocycles. The molecule has 2 amide bonds. The fourth-order valence-corrected chi connectivity index (χ4v) is 3.63. The number of hydrogen-bond acceptors (Lipinski definition) is 4. The first kappa shape index (κ1) is 25.1. The predicted molar refractivity (Wildman–Crippen MR) is 135 cm³/mol. The van der Waals surface area contributed by atoms with Crippen molar-refractivity contribution in [2.75, 3.05) is 17.2 Å². The highest BCUT2D eigenvalue weighted by Gasteiger charge is 2.14. The van der Waals surface area contributed by atoms with E-state index in [1.807, 2.05) is 19.1 Å². The Morgan fingerprint density at radius 1 is 0.941 bits per heavy atom. The minimum Gasteiger partial charge on any atom is -0.481 e. The summed E-state index contributed by atoms with van der Waals surface area (Å²) in [7, 11) is 0. The van der Waals surface area contributed by atoms with Crippen LogP contribution in [0, 0.1) is 18.3 Å². The van der Waals surface area contributed by atoms with Crippen molar-refractivity contribution in [2.45, 2.75) is 6.92 Å². The summed E-state index contributed by atoms with van der Waals surface area (Å²) >= 11 is 18.6. The molecule has 9 heteroatoms. The van der Waals surface area contributed by atoms with E-state index in [9.17, 15) is 14.9 Å². The number of amides is 2. The van der Waals surface area contributed by atoms with Crippen LogP contribution in [0.1, 0.15) is 11.1 Å². The van der Waals surface area contributed by atoms with Crippen molar-refractivity contribution in [1.82, 2.24) is 0 Å². The van der Waals surface area contributed by atoms with E-state index in [0.717, 1.165) is 5.56 Å². The van der Waals surface area contributed by atoms with E-state index in [4.69, 9.17) is 39.5 Å². The molecule has 0 atom stereocenters. The Bertz CT molecular complexity index is 1280. The first-order valence-corrected chi connectivity index (χ1v) is 11.1. The molecular weight excluding hydrogens is 497 g/mol. The molecule has 0 unspecified atom stereocenters. The summed E-state index contributed by atoms with van der Waals surface area (Å²) in [5.74, 6) is -0.903. The molecule has 6 nitrogen and oxygen atoms in total. The van der Waals surface area contributed by atoms with Crippen molar-refractivity contribution in [1.29, 1.82) is 5.26 Å². The Hall–Kier alpha value is -3.50. The molecule has 0 bridgehead atoms. The number of carbonyl (C=O) groups is 2. The van der Waals surface area contributed by atoms with Crippen LogP contribution in [0.5, 0.6) is 5.75 Å². The smallest absolute Gasteiger partial charge is 0.266 e. The van der Waals surface area contributed by atoms with E-state index in [0.29, 0.717) is 22.0 Å². The molecule has 0 heterocycles. The number of benzene rings is 3. The minimum atomic E-state index is -0.575. The van der Waals surface area contributed by atoms with E-state index in [2.05, 4.69) is 10.6 Å². The van der Waals surface area contributed by atoms with Crippen LogP contribution in [0.15, 0.2) is 66.2 Å². The lowest BCUT2D eigenvalue weighted by molar-refractivity contribution is -0.118. The molecule has 0 aliphatic heterocycles. The number of halogens is 3. The Kier molecular flexibility index (Phi) is 8.55. The second kappa shape index (κ2) is 11.6. The normalized spacial score (nSPS) is 10.9. The Morgan fingerprint density at radius 3 is 2.24 bits per heavy atom. The molecule has 34 heavy (non-hydrogen) atoms. The highest BCUT2D eigenvalue weighted by atomic mass is 35.5. The SMILES string of the molecule is Cc1ccc(NC(=O)COc2c(Cl)cc(/C=C(\C#N)C(=O)Nc3ccccc3)cc2Cl)cc1Cl. The van der Waals surface area contributed by atoms with Crippen LogP contribution in [0.3, 0.4) is 0 Å². The van der Waals surface area contributed by atoms with Gasteiger partial charge < -0.3 is 15.4 Å². The van der Waals surface area contributed by atoms with Crippen LogP contribution in [0.25, 0.3) is 6.08 Å². The molecule has 0 spiro atoms. The maximum atomic E-state index is 12.4. The molecule has 3 aromatic carbocycles. The largest absolute Gasteiger partial charge is 0.481 e. The van der Waals surface area contributed by atoms with Crippen LogP contribution in [-0.4, -0.2) is 18.4 Å². The highest BCUT2D eigenvalue weighted by Crippen LogP contribution is 2.35. The number of aryl methyl sites for hydroxylation is 1. The lowest BCUT2D eigenvalue weighted by atomic mass is 10.1. The lowest BCUT2D eigenvalue weighted by Crippen LogP contribution is -2.20. The summed E-state index contributed by atoms with van der Waals surface area (Å²) in [6, 6.07) is 18.7. The van der Waals surface area contributed by atoms with Gasteiger partial charge in [0.15, 0.2) is 12.4 Å². The topological polar surface area (TPSA) is 91.2 Å². The van der Waals surface area contributed by atoms with Crippen molar-refractivity contribution >= 4 is 64.1 Å². The second-order valence-electron chi connectivity index (χ2n) is 7.10. The fraction of sp³-hybridized carbons (Fsp3) is 0.0800. The van der Waals surface area contributed by atoms with E-state index < -0.39 is 11.8 Å². The monoisotopic (exact) mass is 513 g/mol. The zero-order valence-corrected chi connectivity index (χ0v) is 20.1. The van der Waals surface area contributed by atoms with Crippen LogP contribution in [0.4, 0.5) is 11.4 Å². The van der Waals surface area contributed by atoms with Gasteiger partial charge >= 0.3 is 0 Å². The quantitative estimate of drug-likeness (QED) is 0.277. The summed E-state index contributed by atoms with van der Waals surface area (Å²) in [6.45, 7) is 1.51. The molecule has 0 aliphatic carbocycles. The van der Waals surface area contributed by atoms with Crippen LogP contribution >= 0.6 is 34.8 Å². The summed E-state index contributed by atoms with van der Waals surface area (Å²) in [6.07, 6.45) is 1.35. The van der Waals surface area contributed by atoms with Crippen molar-refractivity contribution in [3.8, 4) is 11.8 Å². The number of nitrogens with one attached hydrogen (secondary N) is 2. The summed E-state index contributed by atoms with van der Waals surface area (Å²) in [5, 5.41) is 15.5. The molecule has 0 aliphatic rings. The summed E-state index contributed by atoms with van der Waals surface area (Å²) in [5.41, 5.74) is 2.25. The number of anilines is 2.